The van der Waals surface area contributed by atoms with E-state index in [4.69, 9.17) is 4.52 Å². The van der Waals surface area contributed by atoms with E-state index >= 15 is 0 Å². The molecule has 1 heterocycles. The lowest BCUT2D eigenvalue weighted by atomic mass is 10.1. The quantitative estimate of drug-likeness (QED) is 0.768. The van der Waals surface area contributed by atoms with E-state index in [9.17, 15) is 8.42 Å². The number of hydrogen-bond acceptors (Lipinski definition) is 5. The van der Waals surface area contributed by atoms with Crippen LogP contribution in [0.15, 0.2) is 45.8 Å². The highest BCUT2D eigenvalue weighted by atomic mass is 32.2. The minimum absolute atomic E-state index is 0.186. The highest BCUT2D eigenvalue weighted by molar-refractivity contribution is 7.92. The predicted molar refractivity (Wildman–Crippen MR) is 95.9 cm³/mol. The van der Waals surface area contributed by atoms with Crippen molar-refractivity contribution in [1.82, 2.24) is 10.1 Å². The number of nitrogens with one attached hydrogen (secondary N) is 1. The molecule has 6 nitrogen and oxygen atoms in total. The monoisotopic (exact) mass is 357 g/mol. The Balaban J connectivity index is 2.00. The summed E-state index contributed by atoms with van der Waals surface area (Å²) < 4.78 is 33.3. The van der Waals surface area contributed by atoms with Crippen molar-refractivity contribution in [2.24, 2.45) is 0 Å². The van der Waals surface area contributed by atoms with E-state index in [-0.39, 0.29) is 4.90 Å². The second kappa shape index (κ2) is 6.33. The number of aryl methyl sites for hydroxylation is 4. The molecule has 1 aromatic heterocycles. The number of sulfonamides is 1. The molecule has 0 unspecified atom stereocenters. The van der Waals surface area contributed by atoms with Crippen molar-refractivity contribution in [2.75, 3.05) is 4.72 Å². The minimum Gasteiger partial charge on any atom is -0.339 e. The Hall–Kier alpha value is -2.67. The molecular formula is C18H19N3O3S. The van der Waals surface area contributed by atoms with Gasteiger partial charge in [0.25, 0.3) is 10.0 Å². The molecule has 0 aliphatic rings. The summed E-state index contributed by atoms with van der Waals surface area (Å²) in [5.41, 5.74) is 3.88. The summed E-state index contributed by atoms with van der Waals surface area (Å²) in [7, 11) is -3.73. The van der Waals surface area contributed by atoms with Crippen LogP contribution in [-0.2, 0) is 10.0 Å². The highest BCUT2D eigenvalue weighted by Crippen LogP contribution is 2.25. The van der Waals surface area contributed by atoms with E-state index < -0.39 is 10.0 Å². The maximum Gasteiger partial charge on any atom is 0.262 e. The van der Waals surface area contributed by atoms with Gasteiger partial charge in [0.15, 0.2) is 0 Å². The summed E-state index contributed by atoms with van der Waals surface area (Å²) in [4.78, 5) is 4.33. The highest BCUT2D eigenvalue weighted by Gasteiger charge is 2.19. The largest absolute Gasteiger partial charge is 0.339 e. The van der Waals surface area contributed by atoms with Crippen LogP contribution in [0.5, 0.6) is 0 Å². The predicted octanol–water partition coefficient (Wildman–Crippen LogP) is 3.77. The van der Waals surface area contributed by atoms with Gasteiger partial charge in [0.05, 0.1) is 4.90 Å². The van der Waals surface area contributed by atoms with Crippen molar-refractivity contribution in [3.63, 3.8) is 0 Å². The fourth-order valence-corrected chi connectivity index (χ4v) is 3.78. The number of nitrogens with zero attached hydrogens (tertiary/aromatic N) is 2. The summed E-state index contributed by atoms with van der Waals surface area (Å²) in [6.45, 7) is 7.36. The van der Waals surface area contributed by atoms with Crippen LogP contribution >= 0.6 is 0 Å². The SMILES string of the molecule is Cc1nc(-c2ccc(C)c(S(=O)(=O)Nc3ccc(C)c(C)c3)c2)no1. The van der Waals surface area contributed by atoms with Gasteiger partial charge in [-0.05, 0) is 55.7 Å². The van der Waals surface area contributed by atoms with Gasteiger partial charge in [-0.1, -0.05) is 23.4 Å². The maximum absolute atomic E-state index is 12.8. The summed E-state index contributed by atoms with van der Waals surface area (Å²) in [6.07, 6.45) is 0. The van der Waals surface area contributed by atoms with Crippen molar-refractivity contribution < 1.29 is 12.9 Å². The molecule has 0 amide bonds. The lowest BCUT2D eigenvalue weighted by molar-refractivity contribution is 0.394. The first-order valence-electron chi connectivity index (χ1n) is 7.78. The molecule has 0 saturated heterocycles. The Bertz CT molecular complexity index is 1040. The topological polar surface area (TPSA) is 85.1 Å². The van der Waals surface area contributed by atoms with Crippen LogP contribution in [0.25, 0.3) is 11.4 Å². The van der Waals surface area contributed by atoms with Gasteiger partial charge in [-0.3, -0.25) is 4.72 Å². The Morgan fingerprint density at radius 1 is 0.920 bits per heavy atom. The fourth-order valence-electron chi connectivity index (χ4n) is 2.46. The minimum atomic E-state index is -3.73. The van der Waals surface area contributed by atoms with Crippen molar-refractivity contribution in [1.29, 1.82) is 0 Å². The molecule has 3 aromatic rings. The van der Waals surface area contributed by atoms with E-state index in [2.05, 4.69) is 14.9 Å². The second-order valence-corrected chi connectivity index (χ2v) is 7.67. The van der Waals surface area contributed by atoms with Crippen LogP contribution < -0.4 is 4.72 Å². The fraction of sp³-hybridized carbons (Fsp3) is 0.222. The zero-order valence-electron chi connectivity index (χ0n) is 14.5. The average Bonchev–Trinajstić information content (AvgIpc) is 2.97. The molecule has 0 aliphatic heterocycles. The third kappa shape index (κ3) is 3.56. The van der Waals surface area contributed by atoms with Gasteiger partial charge in [-0.15, -0.1) is 0 Å². The number of aromatic nitrogens is 2. The first-order valence-corrected chi connectivity index (χ1v) is 9.26. The van der Waals surface area contributed by atoms with Gasteiger partial charge in [0.2, 0.25) is 11.7 Å². The van der Waals surface area contributed by atoms with E-state index in [0.717, 1.165) is 11.1 Å². The Labute approximate surface area is 147 Å². The van der Waals surface area contributed by atoms with Gasteiger partial charge in [0.1, 0.15) is 0 Å². The van der Waals surface area contributed by atoms with Gasteiger partial charge in [0, 0.05) is 18.2 Å². The Morgan fingerprint density at radius 3 is 2.28 bits per heavy atom. The third-order valence-electron chi connectivity index (χ3n) is 4.02. The van der Waals surface area contributed by atoms with Crippen LogP contribution in [-0.4, -0.2) is 18.6 Å². The van der Waals surface area contributed by atoms with Crippen molar-refractivity contribution in [3.8, 4) is 11.4 Å². The van der Waals surface area contributed by atoms with Crippen molar-refractivity contribution >= 4 is 15.7 Å². The molecule has 0 saturated carbocycles. The lowest BCUT2D eigenvalue weighted by Crippen LogP contribution is -2.14. The van der Waals surface area contributed by atoms with Gasteiger partial charge in [-0.25, -0.2) is 8.42 Å². The maximum atomic E-state index is 12.8. The van der Waals surface area contributed by atoms with Crippen LogP contribution in [0, 0.1) is 27.7 Å². The number of hydrogen-bond donors (Lipinski definition) is 1. The molecule has 3 rings (SSSR count). The van der Waals surface area contributed by atoms with Crippen LogP contribution in [0.1, 0.15) is 22.6 Å². The molecular weight excluding hydrogens is 338 g/mol. The van der Waals surface area contributed by atoms with E-state index in [1.54, 1.807) is 38.1 Å². The zero-order valence-corrected chi connectivity index (χ0v) is 15.3. The molecule has 0 aliphatic carbocycles. The summed E-state index contributed by atoms with van der Waals surface area (Å²) in [5.74, 6) is 0.786. The first kappa shape index (κ1) is 17.2. The molecule has 0 fully saturated rings. The normalized spacial score (nSPS) is 11.5. The molecule has 0 spiro atoms. The summed E-state index contributed by atoms with van der Waals surface area (Å²) in [6, 6.07) is 10.5. The number of benzene rings is 2. The summed E-state index contributed by atoms with van der Waals surface area (Å²) >= 11 is 0. The zero-order chi connectivity index (χ0) is 18.2. The smallest absolute Gasteiger partial charge is 0.262 e. The van der Waals surface area contributed by atoms with Gasteiger partial charge >= 0.3 is 0 Å². The van der Waals surface area contributed by atoms with Crippen LogP contribution in [0.4, 0.5) is 5.69 Å². The van der Waals surface area contributed by atoms with E-state index in [1.807, 2.05) is 26.0 Å². The molecule has 7 heteroatoms. The van der Waals surface area contributed by atoms with E-state index in [0.29, 0.717) is 28.5 Å². The number of anilines is 1. The molecule has 130 valence electrons. The van der Waals surface area contributed by atoms with E-state index in [1.165, 1.54) is 0 Å². The molecule has 0 atom stereocenters. The van der Waals surface area contributed by atoms with Crippen LogP contribution in [0.2, 0.25) is 0 Å². The molecule has 1 N–H and O–H groups in total. The van der Waals surface area contributed by atoms with Gasteiger partial charge in [-0.2, -0.15) is 4.98 Å². The first-order chi connectivity index (χ1) is 11.8. The molecule has 2 aromatic carbocycles. The Morgan fingerprint density at radius 2 is 1.64 bits per heavy atom. The second-order valence-electron chi connectivity index (χ2n) is 6.02. The standard InChI is InChI=1S/C18H19N3O3S/c1-11-6-8-16(9-13(11)3)21-25(22,23)17-10-15(7-5-12(17)2)18-19-14(4)24-20-18/h5-10,21H,1-4H3. The Kier molecular flexibility index (Phi) is 4.34. The van der Waals surface area contributed by atoms with Crippen LogP contribution in [0.3, 0.4) is 0 Å². The number of rotatable bonds is 4. The molecule has 0 radical (unpaired) electrons. The third-order valence-corrected chi connectivity index (χ3v) is 5.55. The van der Waals surface area contributed by atoms with Crippen molar-refractivity contribution in [3.05, 3.63) is 59.0 Å². The molecule has 0 bridgehead atoms. The van der Waals surface area contributed by atoms with Crippen molar-refractivity contribution in [2.45, 2.75) is 32.6 Å². The summed E-state index contributed by atoms with van der Waals surface area (Å²) in [5, 5.41) is 3.84. The molecule has 25 heavy (non-hydrogen) atoms. The lowest BCUT2D eigenvalue weighted by Gasteiger charge is -2.12. The average molecular weight is 357 g/mol. The van der Waals surface area contributed by atoms with Gasteiger partial charge < -0.3 is 4.52 Å².